The van der Waals surface area contributed by atoms with Crippen molar-refractivity contribution in [2.24, 2.45) is 11.8 Å². The first-order chi connectivity index (χ1) is 11.2. The molecule has 132 valence electrons. The molecule has 2 N–H and O–H groups in total. The minimum atomic E-state index is -4.59. The van der Waals surface area contributed by atoms with E-state index in [1.807, 2.05) is 0 Å². The van der Waals surface area contributed by atoms with Crippen LogP contribution in [0, 0.1) is 17.7 Å². The fourth-order valence-electron chi connectivity index (χ4n) is 2.63. The van der Waals surface area contributed by atoms with Gasteiger partial charge in [-0.1, -0.05) is 0 Å². The third-order valence-electron chi connectivity index (χ3n) is 3.87. The van der Waals surface area contributed by atoms with Crippen LogP contribution < -0.4 is 5.32 Å². The van der Waals surface area contributed by atoms with Crippen molar-refractivity contribution in [1.29, 1.82) is 0 Å². The molecule has 1 amide bonds. The zero-order valence-corrected chi connectivity index (χ0v) is 13.2. The summed E-state index contributed by atoms with van der Waals surface area (Å²) in [6.45, 7) is 0. The molecule has 0 aliphatic heterocycles. The van der Waals surface area contributed by atoms with Gasteiger partial charge in [-0.25, -0.2) is 4.39 Å². The summed E-state index contributed by atoms with van der Waals surface area (Å²) in [6.07, 6.45) is 1.60. The highest BCUT2D eigenvalue weighted by atomic mass is 32.2. The maximum Gasteiger partial charge on any atom is 0.446 e. The van der Waals surface area contributed by atoms with Crippen molar-refractivity contribution < 1.29 is 32.3 Å². The average molecular weight is 365 g/mol. The summed E-state index contributed by atoms with van der Waals surface area (Å²) in [5.74, 6) is -3.16. The first kappa shape index (κ1) is 18.6. The molecule has 0 spiro atoms. The highest BCUT2D eigenvalue weighted by Crippen LogP contribution is 2.38. The highest BCUT2D eigenvalue weighted by molar-refractivity contribution is 8.00. The lowest BCUT2D eigenvalue weighted by atomic mass is 9.81. The molecule has 1 fully saturated rings. The molecule has 1 aromatic rings. The summed E-state index contributed by atoms with van der Waals surface area (Å²) in [5.41, 5.74) is -4.52. The molecule has 4 nitrogen and oxygen atoms in total. The number of carboxylic acids is 1. The summed E-state index contributed by atoms with van der Waals surface area (Å²) in [5, 5.41) is 11.4. The van der Waals surface area contributed by atoms with Gasteiger partial charge in [0.2, 0.25) is 5.91 Å². The second-order valence-electron chi connectivity index (χ2n) is 5.57. The van der Waals surface area contributed by atoms with Gasteiger partial charge in [0.1, 0.15) is 5.82 Å². The Morgan fingerprint density at radius 1 is 1.12 bits per heavy atom. The molecule has 9 heteroatoms. The van der Waals surface area contributed by atoms with E-state index in [1.165, 1.54) is 6.07 Å². The van der Waals surface area contributed by atoms with Crippen LogP contribution in [0.25, 0.3) is 0 Å². The number of rotatable bonds is 4. The Hall–Kier alpha value is -1.77. The lowest BCUT2D eigenvalue weighted by Crippen LogP contribution is -2.29. The summed E-state index contributed by atoms with van der Waals surface area (Å²) in [4.78, 5) is 22.4. The first-order valence-electron chi connectivity index (χ1n) is 7.24. The van der Waals surface area contributed by atoms with E-state index < -0.39 is 39.9 Å². The summed E-state index contributed by atoms with van der Waals surface area (Å²) in [6, 6.07) is 3.01. The molecule has 0 atom stereocenters. The van der Waals surface area contributed by atoms with E-state index in [1.54, 1.807) is 0 Å². The van der Waals surface area contributed by atoms with E-state index in [0.717, 1.165) is 12.1 Å². The number of hydrogen-bond acceptors (Lipinski definition) is 3. The van der Waals surface area contributed by atoms with Crippen LogP contribution in [0.2, 0.25) is 0 Å². The fraction of sp³-hybridized carbons (Fsp3) is 0.467. The molecule has 1 saturated carbocycles. The van der Waals surface area contributed by atoms with Gasteiger partial charge in [0.15, 0.2) is 0 Å². The van der Waals surface area contributed by atoms with Gasteiger partial charge in [-0.3, -0.25) is 9.59 Å². The van der Waals surface area contributed by atoms with E-state index in [-0.39, 0.29) is 17.5 Å². The molecule has 1 aromatic carbocycles. The monoisotopic (exact) mass is 365 g/mol. The quantitative estimate of drug-likeness (QED) is 0.618. The van der Waals surface area contributed by atoms with Crippen LogP contribution in [-0.2, 0) is 9.59 Å². The van der Waals surface area contributed by atoms with Crippen molar-refractivity contribution in [3.05, 3.63) is 24.0 Å². The second kappa shape index (κ2) is 7.42. The number of amides is 1. The Kier molecular flexibility index (Phi) is 5.74. The SMILES string of the molecule is O=C(O)C1CCC(C(=O)Nc2ccc(SC(F)(F)F)c(F)c2)CC1. The zero-order valence-electron chi connectivity index (χ0n) is 12.4. The number of halogens is 4. The Morgan fingerprint density at radius 3 is 2.21 bits per heavy atom. The Morgan fingerprint density at radius 2 is 1.71 bits per heavy atom. The molecule has 0 unspecified atom stereocenters. The number of nitrogens with one attached hydrogen (secondary N) is 1. The fourth-order valence-corrected chi connectivity index (χ4v) is 3.17. The molecular weight excluding hydrogens is 350 g/mol. The number of hydrogen-bond donors (Lipinski definition) is 2. The van der Waals surface area contributed by atoms with Crippen molar-refractivity contribution in [1.82, 2.24) is 0 Å². The van der Waals surface area contributed by atoms with Crippen LogP contribution in [0.3, 0.4) is 0 Å². The number of alkyl halides is 3. The summed E-state index contributed by atoms with van der Waals surface area (Å²) < 4.78 is 50.4. The number of benzene rings is 1. The van der Waals surface area contributed by atoms with Gasteiger partial charge in [-0.05, 0) is 55.6 Å². The van der Waals surface area contributed by atoms with Crippen LogP contribution in [0.5, 0.6) is 0 Å². The van der Waals surface area contributed by atoms with Crippen molar-refractivity contribution in [2.75, 3.05) is 5.32 Å². The second-order valence-corrected chi connectivity index (χ2v) is 6.68. The predicted molar refractivity (Wildman–Crippen MR) is 80.0 cm³/mol. The van der Waals surface area contributed by atoms with Gasteiger partial charge in [0.25, 0.3) is 0 Å². The van der Waals surface area contributed by atoms with E-state index in [0.29, 0.717) is 25.7 Å². The maximum atomic E-state index is 13.7. The molecule has 1 aliphatic carbocycles. The Labute approximate surface area is 139 Å². The number of carbonyl (C=O) groups is 2. The lowest BCUT2D eigenvalue weighted by Gasteiger charge is -2.25. The predicted octanol–water partition coefficient (Wildman–Crippen LogP) is 4.27. The smallest absolute Gasteiger partial charge is 0.446 e. The van der Waals surface area contributed by atoms with Crippen LogP contribution >= 0.6 is 11.8 Å². The lowest BCUT2D eigenvalue weighted by molar-refractivity contribution is -0.143. The van der Waals surface area contributed by atoms with E-state index >= 15 is 0 Å². The molecule has 24 heavy (non-hydrogen) atoms. The molecule has 2 rings (SSSR count). The molecular formula is C15H15F4NO3S. The van der Waals surface area contributed by atoms with Gasteiger partial charge >= 0.3 is 11.5 Å². The molecule has 0 aromatic heterocycles. The number of aliphatic carboxylic acids is 1. The van der Waals surface area contributed by atoms with E-state index in [2.05, 4.69) is 5.32 Å². The molecule has 1 aliphatic rings. The van der Waals surface area contributed by atoms with Gasteiger partial charge < -0.3 is 10.4 Å². The largest absolute Gasteiger partial charge is 0.481 e. The van der Waals surface area contributed by atoms with Crippen molar-refractivity contribution >= 4 is 29.3 Å². The van der Waals surface area contributed by atoms with Gasteiger partial charge in [-0.2, -0.15) is 13.2 Å². The maximum absolute atomic E-state index is 13.7. The highest BCUT2D eigenvalue weighted by Gasteiger charge is 2.31. The minimum Gasteiger partial charge on any atom is -0.481 e. The van der Waals surface area contributed by atoms with Crippen molar-refractivity contribution in [3.63, 3.8) is 0 Å². The average Bonchev–Trinajstić information content (AvgIpc) is 2.49. The topological polar surface area (TPSA) is 66.4 Å². The van der Waals surface area contributed by atoms with Crippen LogP contribution in [0.15, 0.2) is 23.1 Å². The number of thioether (sulfide) groups is 1. The third kappa shape index (κ3) is 5.12. The van der Waals surface area contributed by atoms with Crippen LogP contribution in [0.4, 0.5) is 23.2 Å². The number of anilines is 1. The normalized spacial score (nSPS) is 21.3. The Bertz CT molecular complexity index is 628. The first-order valence-corrected chi connectivity index (χ1v) is 8.06. The summed E-state index contributed by atoms with van der Waals surface area (Å²) >= 11 is -0.557. The molecule has 0 radical (unpaired) electrons. The van der Waals surface area contributed by atoms with Crippen LogP contribution in [-0.4, -0.2) is 22.5 Å². The Balaban J connectivity index is 1.95. The van der Waals surface area contributed by atoms with Gasteiger partial charge in [0.05, 0.1) is 10.8 Å². The summed E-state index contributed by atoms with van der Waals surface area (Å²) in [7, 11) is 0. The van der Waals surface area contributed by atoms with Gasteiger partial charge in [0, 0.05) is 11.6 Å². The molecule has 0 bridgehead atoms. The minimum absolute atomic E-state index is 0.0735. The number of carboxylic acid groups (broad SMARTS) is 1. The third-order valence-corrected chi connectivity index (χ3v) is 4.65. The molecule has 0 heterocycles. The van der Waals surface area contributed by atoms with E-state index in [4.69, 9.17) is 5.11 Å². The number of carbonyl (C=O) groups excluding carboxylic acids is 1. The van der Waals surface area contributed by atoms with Gasteiger partial charge in [-0.15, -0.1) is 0 Å². The van der Waals surface area contributed by atoms with Crippen molar-refractivity contribution in [2.45, 2.75) is 36.1 Å². The van der Waals surface area contributed by atoms with Crippen molar-refractivity contribution in [3.8, 4) is 0 Å². The zero-order chi connectivity index (χ0) is 17.9. The van der Waals surface area contributed by atoms with Crippen LogP contribution in [0.1, 0.15) is 25.7 Å². The molecule has 0 saturated heterocycles. The van der Waals surface area contributed by atoms with E-state index in [9.17, 15) is 27.2 Å². The standard InChI is InChI=1S/C15H15F4NO3S/c16-11-7-10(5-6-12(11)24-15(17,18)19)20-13(21)8-1-3-9(4-2-8)14(22)23/h5-9H,1-4H2,(H,20,21)(H,22,23).